The lowest BCUT2D eigenvalue weighted by molar-refractivity contribution is 0.0696. The molecule has 0 aliphatic rings. The number of nitrogens with one attached hydrogen (secondary N) is 1. The van der Waals surface area contributed by atoms with E-state index in [0.717, 1.165) is 28.6 Å². The first-order valence-corrected chi connectivity index (χ1v) is 12.9. The molecule has 35 heavy (non-hydrogen) atoms. The first-order valence-electron chi connectivity index (χ1n) is 11.4. The number of rotatable bonds is 9. The molecule has 6 nitrogen and oxygen atoms in total. The van der Waals surface area contributed by atoms with Crippen molar-refractivity contribution in [1.29, 1.82) is 0 Å². The number of anilines is 2. The summed E-state index contributed by atoms with van der Waals surface area (Å²) in [7, 11) is 0.0348. The molecular weight excluding hydrogens is 460 g/mol. The maximum absolute atomic E-state index is 13.5. The van der Waals surface area contributed by atoms with Gasteiger partial charge in [0.2, 0.25) is 0 Å². The smallest absolute Gasteiger partial charge is 0.335 e. The molecule has 0 spiro atoms. The van der Waals surface area contributed by atoms with Crippen LogP contribution in [0, 0.1) is 0 Å². The minimum atomic E-state index is -3.83. The van der Waals surface area contributed by atoms with Crippen LogP contribution in [-0.4, -0.2) is 33.6 Å². The van der Waals surface area contributed by atoms with Crippen molar-refractivity contribution < 1.29 is 18.3 Å². The van der Waals surface area contributed by atoms with Gasteiger partial charge >= 0.3 is 5.97 Å². The van der Waals surface area contributed by atoms with Crippen LogP contribution in [0.1, 0.15) is 27.9 Å². The molecule has 0 amide bonds. The summed E-state index contributed by atoms with van der Waals surface area (Å²) in [4.78, 5) is 13.4. The largest absolute Gasteiger partial charge is 0.478 e. The number of para-hydroxylation sites is 1. The number of nitrogens with zero attached hydrogens (tertiary/aromatic N) is 1. The van der Waals surface area contributed by atoms with Gasteiger partial charge in [0.15, 0.2) is 0 Å². The Kier molecular flexibility index (Phi) is 7.07. The van der Waals surface area contributed by atoms with E-state index in [4.69, 9.17) is 0 Å². The maximum Gasteiger partial charge on any atom is 0.335 e. The summed E-state index contributed by atoms with van der Waals surface area (Å²) in [5.41, 5.74) is 3.60. The Morgan fingerprint density at radius 2 is 1.57 bits per heavy atom. The van der Waals surface area contributed by atoms with E-state index in [9.17, 15) is 18.3 Å². The Morgan fingerprint density at radius 1 is 0.857 bits per heavy atom. The van der Waals surface area contributed by atoms with Crippen LogP contribution in [0.2, 0.25) is 0 Å². The number of carboxylic acid groups (broad SMARTS) is 1. The fraction of sp³-hybridized carbons (Fsp3) is 0.179. The number of aromatic carboxylic acids is 1. The van der Waals surface area contributed by atoms with Crippen LogP contribution in [0.3, 0.4) is 0 Å². The van der Waals surface area contributed by atoms with Gasteiger partial charge in [0.1, 0.15) is 0 Å². The van der Waals surface area contributed by atoms with Gasteiger partial charge in [-0.05, 0) is 60.7 Å². The molecule has 0 saturated heterocycles. The van der Waals surface area contributed by atoms with E-state index in [2.05, 4.69) is 4.72 Å². The monoisotopic (exact) mass is 488 g/mol. The van der Waals surface area contributed by atoms with Crippen molar-refractivity contribution in [2.24, 2.45) is 0 Å². The Balaban J connectivity index is 1.56. The second-order valence-corrected chi connectivity index (χ2v) is 10.3. The number of aryl methyl sites for hydroxylation is 2. The highest BCUT2D eigenvalue weighted by atomic mass is 32.2. The van der Waals surface area contributed by atoms with Gasteiger partial charge in [-0.2, -0.15) is 0 Å². The number of carboxylic acids is 1. The van der Waals surface area contributed by atoms with Crippen LogP contribution in [0.5, 0.6) is 0 Å². The third kappa shape index (κ3) is 5.46. The molecule has 0 aliphatic carbocycles. The van der Waals surface area contributed by atoms with Gasteiger partial charge in [-0.25, -0.2) is 13.2 Å². The van der Waals surface area contributed by atoms with Crippen LogP contribution in [-0.2, 0) is 22.9 Å². The zero-order chi connectivity index (χ0) is 25.0. The van der Waals surface area contributed by atoms with Crippen molar-refractivity contribution in [3.05, 3.63) is 102 Å². The first-order chi connectivity index (χ1) is 16.8. The third-order valence-electron chi connectivity index (χ3n) is 5.98. The lowest BCUT2D eigenvalue weighted by Crippen LogP contribution is -2.15. The highest BCUT2D eigenvalue weighted by Crippen LogP contribution is 2.31. The number of carbonyl (C=O) groups is 1. The van der Waals surface area contributed by atoms with E-state index >= 15 is 0 Å². The molecule has 4 aromatic rings. The van der Waals surface area contributed by atoms with E-state index in [-0.39, 0.29) is 10.5 Å². The molecule has 0 atom stereocenters. The Labute approximate surface area is 205 Å². The van der Waals surface area contributed by atoms with Gasteiger partial charge in [0.05, 0.1) is 16.1 Å². The van der Waals surface area contributed by atoms with E-state index < -0.39 is 16.0 Å². The van der Waals surface area contributed by atoms with E-state index in [1.54, 1.807) is 36.4 Å². The lowest BCUT2D eigenvalue weighted by Gasteiger charge is -2.18. The van der Waals surface area contributed by atoms with E-state index in [1.807, 2.05) is 67.5 Å². The second-order valence-electron chi connectivity index (χ2n) is 8.64. The number of hydrogen-bond donors (Lipinski definition) is 2. The molecular formula is C28H28N2O4S. The lowest BCUT2D eigenvalue weighted by atomic mass is 10.0. The molecule has 4 rings (SSSR count). The third-order valence-corrected chi connectivity index (χ3v) is 7.40. The standard InChI is InChI=1S/C28H28N2O4S/c1-30(2)26-17-7-15-24-23(26)14-8-18-27(24)35(33,34)29-25-16-4-3-11-21(25)12-5-9-20-10-6-13-22(19-20)28(31)32/h3-4,6-8,10-11,13-19,29H,5,9,12H2,1-2H3,(H,31,32). The summed E-state index contributed by atoms with van der Waals surface area (Å²) in [5.74, 6) is -0.947. The van der Waals surface area contributed by atoms with Crippen molar-refractivity contribution in [3.63, 3.8) is 0 Å². The topological polar surface area (TPSA) is 86.7 Å². The number of hydrogen-bond acceptors (Lipinski definition) is 4. The van der Waals surface area contributed by atoms with E-state index in [1.165, 1.54) is 0 Å². The minimum absolute atomic E-state index is 0.235. The molecule has 0 aromatic heterocycles. The molecule has 0 aliphatic heterocycles. The maximum atomic E-state index is 13.5. The molecule has 180 valence electrons. The predicted octanol–water partition coefficient (Wildman–Crippen LogP) is 5.58. The quantitative estimate of drug-likeness (QED) is 0.321. The zero-order valence-corrected chi connectivity index (χ0v) is 20.5. The molecule has 0 heterocycles. The van der Waals surface area contributed by atoms with Crippen LogP contribution in [0.4, 0.5) is 11.4 Å². The Morgan fingerprint density at radius 3 is 2.34 bits per heavy atom. The molecule has 0 unspecified atom stereocenters. The van der Waals surface area contributed by atoms with E-state index in [0.29, 0.717) is 23.9 Å². The number of fused-ring (bicyclic) bond motifs is 1. The summed E-state index contributed by atoms with van der Waals surface area (Å²) in [6.45, 7) is 0. The average Bonchev–Trinajstić information content (AvgIpc) is 2.84. The second kappa shape index (κ2) is 10.2. The normalized spacial score (nSPS) is 11.4. The summed E-state index contributed by atoms with van der Waals surface area (Å²) >= 11 is 0. The summed E-state index contributed by atoms with van der Waals surface area (Å²) in [6, 6.07) is 25.3. The fourth-order valence-corrected chi connectivity index (χ4v) is 5.59. The minimum Gasteiger partial charge on any atom is -0.478 e. The Hall–Kier alpha value is -3.84. The number of benzene rings is 4. The van der Waals surface area contributed by atoms with Crippen molar-refractivity contribution >= 4 is 38.1 Å². The Bertz CT molecular complexity index is 1480. The predicted molar refractivity (Wildman–Crippen MR) is 141 cm³/mol. The van der Waals surface area contributed by atoms with Gasteiger partial charge in [0, 0.05) is 30.6 Å². The summed E-state index contributed by atoms with van der Waals surface area (Å²) in [5, 5.41) is 10.7. The molecule has 0 fully saturated rings. The van der Waals surface area contributed by atoms with Crippen molar-refractivity contribution in [2.45, 2.75) is 24.2 Å². The van der Waals surface area contributed by atoms with Gasteiger partial charge in [0.25, 0.3) is 10.0 Å². The van der Waals surface area contributed by atoms with Crippen molar-refractivity contribution in [2.75, 3.05) is 23.7 Å². The van der Waals surface area contributed by atoms with Crippen LogP contribution in [0.15, 0.2) is 89.8 Å². The van der Waals surface area contributed by atoms with Gasteiger partial charge < -0.3 is 10.0 Å². The zero-order valence-electron chi connectivity index (χ0n) is 19.7. The summed E-state index contributed by atoms with van der Waals surface area (Å²) in [6.07, 6.45) is 2.09. The average molecular weight is 489 g/mol. The molecule has 7 heteroatoms. The fourth-order valence-electron chi connectivity index (χ4n) is 4.27. The highest BCUT2D eigenvalue weighted by molar-refractivity contribution is 7.93. The van der Waals surface area contributed by atoms with Crippen molar-refractivity contribution in [3.8, 4) is 0 Å². The van der Waals surface area contributed by atoms with Crippen molar-refractivity contribution in [1.82, 2.24) is 0 Å². The number of sulfonamides is 1. The molecule has 0 saturated carbocycles. The molecule has 4 aromatic carbocycles. The summed E-state index contributed by atoms with van der Waals surface area (Å²) < 4.78 is 29.7. The van der Waals surface area contributed by atoms with Crippen LogP contribution >= 0.6 is 0 Å². The van der Waals surface area contributed by atoms with Crippen LogP contribution in [0.25, 0.3) is 10.8 Å². The van der Waals surface area contributed by atoms with Gasteiger partial charge in [-0.1, -0.05) is 54.6 Å². The van der Waals surface area contributed by atoms with Crippen LogP contribution < -0.4 is 9.62 Å². The molecule has 2 N–H and O–H groups in total. The first kappa shape index (κ1) is 24.3. The molecule has 0 bridgehead atoms. The van der Waals surface area contributed by atoms with Gasteiger partial charge in [-0.3, -0.25) is 4.72 Å². The SMILES string of the molecule is CN(C)c1cccc2c(S(=O)(=O)Nc3ccccc3CCCc3cccc(C(=O)O)c3)cccc12. The highest BCUT2D eigenvalue weighted by Gasteiger charge is 2.20. The molecule has 0 radical (unpaired) electrons. The van der Waals surface area contributed by atoms with Gasteiger partial charge in [-0.15, -0.1) is 0 Å².